The molecule has 6 heteroatoms. The third-order valence-electron chi connectivity index (χ3n) is 10.2. The van der Waals surface area contributed by atoms with E-state index >= 15 is 0 Å². The number of carboxylic acid groups (broad SMARTS) is 1. The fourth-order valence-electron chi connectivity index (χ4n) is 6.81. The Kier molecular flexibility index (Phi) is 31.1. The van der Waals surface area contributed by atoms with E-state index in [0.29, 0.717) is 19.3 Å². The van der Waals surface area contributed by atoms with Crippen molar-refractivity contribution >= 4 is 17.5 Å². The van der Waals surface area contributed by atoms with Crippen LogP contribution in [0.15, 0.2) is 0 Å². The second kappa shape index (κ2) is 32.0. The van der Waals surface area contributed by atoms with Crippen molar-refractivity contribution in [1.82, 2.24) is 0 Å². The Morgan fingerprint density at radius 1 is 0.489 bits per heavy atom. The fraction of sp³-hybridized carbons (Fsp3) is 0.927. The molecule has 0 amide bonds. The lowest BCUT2D eigenvalue weighted by Gasteiger charge is -2.30. The number of aliphatic hydroxyl groups is 2. The highest BCUT2D eigenvalue weighted by Gasteiger charge is 2.54. The van der Waals surface area contributed by atoms with Crippen LogP contribution in [0.25, 0.3) is 0 Å². The van der Waals surface area contributed by atoms with E-state index in [2.05, 4.69) is 13.8 Å². The highest BCUT2D eigenvalue weighted by molar-refractivity contribution is 6.12. The predicted octanol–water partition coefficient (Wildman–Crippen LogP) is 11.5. The molecule has 0 bridgehead atoms. The Labute approximate surface area is 290 Å². The molecule has 0 aliphatic rings. The molecule has 3 unspecified atom stereocenters. The molecular weight excluding hydrogens is 588 g/mol. The van der Waals surface area contributed by atoms with E-state index in [1.165, 1.54) is 135 Å². The van der Waals surface area contributed by atoms with Crippen molar-refractivity contribution in [3.8, 4) is 0 Å². The summed E-state index contributed by atoms with van der Waals surface area (Å²) in [6.07, 6.45) is 33.6. The van der Waals surface area contributed by atoms with Gasteiger partial charge in [0.1, 0.15) is 0 Å². The zero-order chi connectivity index (χ0) is 35.0. The first-order valence-electron chi connectivity index (χ1n) is 20.5. The van der Waals surface area contributed by atoms with Crippen molar-refractivity contribution < 1.29 is 29.7 Å². The Morgan fingerprint density at radius 3 is 1.09 bits per heavy atom. The summed E-state index contributed by atoms with van der Waals surface area (Å²) in [6, 6.07) is 0. The Balaban J connectivity index is 4.19. The van der Waals surface area contributed by atoms with Gasteiger partial charge in [0.25, 0.3) is 5.60 Å². The number of aliphatic carboxylic acids is 1. The lowest BCUT2D eigenvalue weighted by Crippen LogP contribution is -2.60. The number of hydrogen-bond acceptors (Lipinski definition) is 5. The van der Waals surface area contributed by atoms with Crippen LogP contribution in [0.1, 0.15) is 226 Å². The quantitative estimate of drug-likeness (QED) is 0.0449. The van der Waals surface area contributed by atoms with Gasteiger partial charge in [0.2, 0.25) is 0 Å². The van der Waals surface area contributed by atoms with Crippen LogP contribution in [0, 0.1) is 5.92 Å². The minimum Gasteiger partial charge on any atom is -0.479 e. The van der Waals surface area contributed by atoms with E-state index < -0.39 is 35.2 Å². The zero-order valence-electron chi connectivity index (χ0n) is 31.3. The van der Waals surface area contributed by atoms with E-state index in [1.807, 2.05) is 0 Å². The molecule has 0 aromatic carbocycles. The van der Waals surface area contributed by atoms with Gasteiger partial charge in [-0.1, -0.05) is 201 Å². The summed E-state index contributed by atoms with van der Waals surface area (Å²) >= 11 is 0. The number of carbonyl (C=O) groups is 3. The lowest BCUT2D eigenvalue weighted by atomic mass is 9.79. The zero-order valence-corrected chi connectivity index (χ0v) is 31.3. The second-order valence-electron chi connectivity index (χ2n) is 14.5. The second-order valence-corrected chi connectivity index (χ2v) is 14.5. The summed E-state index contributed by atoms with van der Waals surface area (Å²) in [4.78, 5) is 38.0. The van der Waals surface area contributed by atoms with Crippen molar-refractivity contribution in [2.45, 2.75) is 238 Å². The maximum atomic E-state index is 13.2. The molecule has 0 heterocycles. The summed E-state index contributed by atoms with van der Waals surface area (Å²) in [5.41, 5.74) is -3.08. The van der Waals surface area contributed by atoms with Gasteiger partial charge >= 0.3 is 5.97 Å². The van der Waals surface area contributed by atoms with Gasteiger partial charge in [-0.25, -0.2) is 4.79 Å². The van der Waals surface area contributed by atoms with Crippen LogP contribution in [0.2, 0.25) is 0 Å². The molecule has 47 heavy (non-hydrogen) atoms. The Hall–Kier alpha value is -1.27. The van der Waals surface area contributed by atoms with Crippen molar-refractivity contribution in [2.24, 2.45) is 5.92 Å². The van der Waals surface area contributed by atoms with E-state index in [9.17, 15) is 29.7 Å². The fourth-order valence-corrected chi connectivity index (χ4v) is 6.81. The number of carboxylic acids is 1. The van der Waals surface area contributed by atoms with Gasteiger partial charge < -0.3 is 15.3 Å². The number of hydrogen-bond donors (Lipinski definition) is 3. The van der Waals surface area contributed by atoms with Crippen LogP contribution < -0.4 is 0 Å². The highest BCUT2D eigenvalue weighted by Crippen LogP contribution is 2.26. The van der Waals surface area contributed by atoms with Gasteiger partial charge in [-0.2, -0.15) is 0 Å². The van der Waals surface area contributed by atoms with Crippen molar-refractivity contribution in [1.29, 1.82) is 0 Å². The van der Waals surface area contributed by atoms with Gasteiger partial charge in [-0.3, -0.25) is 9.59 Å². The predicted molar refractivity (Wildman–Crippen MR) is 197 cm³/mol. The van der Waals surface area contributed by atoms with Crippen LogP contribution in [0.4, 0.5) is 0 Å². The van der Waals surface area contributed by atoms with Crippen molar-refractivity contribution in [3.63, 3.8) is 0 Å². The molecule has 0 aromatic heterocycles. The number of unbranched alkanes of at least 4 members (excludes halogenated alkanes) is 27. The molecule has 0 saturated heterocycles. The van der Waals surface area contributed by atoms with Gasteiger partial charge in [-0.15, -0.1) is 0 Å². The molecule has 0 aliphatic carbocycles. The molecule has 0 aliphatic heterocycles. The first kappa shape index (κ1) is 45.7. The highest BCUT2D eigenvalue weighted by atomic mass is 16.4. The van der Waals surface area contributed by atoms with Crippen LogP contribution in [-0.2, 0) is 14.4 Å². The average molecular weight is 667 g/mol. The molecule has 0 rings (SSSR count). The molecule has 0 radical (unpaired) electrons. The summed E-state index contributed by atoms with van der Waals surface area (Å²) in [7, 11) is 0. The number of Topliss-reactive ketones (excluding diaryl/α,β-unsaturated/α-hetero) is 2. The van der Waals surface area contributed by atoms with E-state index in [0.717, 1.165) is 44.9 Å². The molecule has 278 valence electrons. The standard InChI is InChI=1S/C41H78O6/c1-4-7-9-11-13-15-17-19-21-23-25-27-29-31-33-35-37(42)39(44)41(47,40(45)46)38(43)36(6-3)34-32-30-28-26-24-22-20-18-16-14-12-10-8-5-2/h36,39,44,47H,4-35H2,1-3H3,(H,45,46). The Morgan fingerprint density at radius 2 is 0.787 bits per heavy atom. The molecule has 0 saturated carbocycles. The normalized spacial score (nSPS) is 14.1. The van der Waals surface area contributed by atoms with Gasteiger partial charge in [-0.05, 0) is 19.3 Å². The molecule has 6 nitrogen and oxygen atoms in total. The molecule has 3 atom stereocenters. The molecule has 0 fully saturated rings. The van der Waals surface area contributed by atoms with Crippen molar-refractivity contribution in [3.05, 3.63) is 0 Å². The van der Waals surface area contributed by atoms with E-state index in [4.69, 9.17) is 0 Å². The van der Waals surface area contributed by atoms with Crippen molar-refractivity contribution in [2.75, 3.05) is 0 Å². The average Bonchev–Trinajstić information content (AvgIpc) is 3.07. The van der Waals surface area contributed by atoms with Crippen LogP contribution in [-0.4, -0.2) is 44.6 Å². The topological polar surface area (TPSA) is 112 Å². The SMILES string of the molecule is CCCCCCCCCCCCCCCCCC(=O)C(O)C(O)(C(=O)O)C(=O)C(CC)CCCCCCCCCCCCCCCC. The van der Waals surface area contributed by atoms with Gasteiger partial charge in [0.15, 0.2) is 17.7 Å². The third kappa shape index (κ3) is 22.9. The lowest BCUT2D eigenvalue weighted by molar-refractivity contribution is -0.182. The first-order chi connectivity index (χ1) is 22.8. The summed E-state index contributed by atoms with van der Waals surface area (Å²) in [5, 5.41) is 31.3. The largest absolute Gasteiger partial charge is 0.479 e. The molecular formula is C41H78O6. The summed E-state index contributed by atoms with van der Waals surface area (Å²) in [6.45, 7) is 6.29. The molecule has 3 N–H and O–H groups in total. The first-order valence-corrected chi connectivity index (χ1v) is 20.5. The van der Waals surface area contributed by atoms with Gasteiger partial charge in [0.05, 0.1) is 0 Å². The van der Waals surface area contributed by atoms with E-state index in [-0.39, 0.29) is 6.42 Å². The summed E-state index contributed by atoms with van der Waals surface area (Å²) < 4.78 is 0. The monoisotopic (exact) mass is 667 g/mol. The maximum absolute atomic E-state index is 13.2. The molecule has 0 spiro atoms. The number of rotatable bonds is 37. The minimum atomic E-state index is -3.08. The van der Waals surface area contributed by atoms with Crippen LogP contribution >= 0.6 is 0 Å². The van der Waals surface area contributed by atoms with Crippen LogP contribution in [0.5, 0.6) is 0 Å². The minimum absolute atomic E-state index is 0.0297. The Bertz CT molecular complexity index is 752. The number of ketones is 2. The van der Waals surface area contributed by atoms with Gasteiger partial charge in [0, 0.05) is 12.3 Å². The smallest absolute Gasteiger partial charge is 0.346 e. The van der Waals surface area contributed by atoms with Crippen LogP contribution in [0.3, 0.4) is 0 Å². The number of aliphatic hydroxyl groups excluding tert-OH is 1. The summed E-state index contributed by atoms with van der Waals surface area (Å²) in [5.74, 6) is -4.22. The third-order valence-corrected chi connectivity index (χ3v) is 10.2. The molecule has 0 aromatic rings. The maximum Gasteiger partial charge on any atom is 0.346 e. The van der Waals surface area contributed by atoms with E-state index in [1.54, 1.807) is 6.92 Å². The number of carbonyl (C=O) groups excluding carboxylic acids is 2.